The van der Waals surface area contributed by atoms with Crippen LogP contribution in [0.25, 0.3) is 5.69 Å². The number of aromatic nitrogens is 4. The molecule has 0 radical (unpaired) electrons. The molecule has 0 unspecified atom stereocenters. The third-order valence-electron chi connectivity index (χ3n) is 5.36. The summed E-state index contributed by atoms with van der Waals surface area (Å²) in [6.07, 6.45) is 3.68. The van der Waals surface area contributed by atoms with Crippen molar-refractivity contribution in [1.29, 1.82) is 0 Å². The van der Waals surface area contributed by atoms with Gasteiger partial charge in [-0.3, -0.25) is 4.79 Å². The molecule has 1 fully saturated rings. The molecule has 1 aliphatic heterocycles. The Kier molecular flexibility index (Phi) is 6.28. The van der Waals surface area contributed by atoms with Crippen molar-refractivity contribution in [2.45, 2.75) is 37.5 Å². The molecule has 0 aliphatic carbocycles. The summed E-state index contributed by atoms with van der Waals surface area (Å²) in [4.78, 5) is 12.9. The second kappa shape index (κ2) is 9.13. The molecule has 0 saturated carbocycles. The van der Waals surface area contributed by atoms with Crippen molar-refractivity contribution in [3.8, 4) is 5.69 Å². The van der Waals surface area contributed by atoms with Crippen molar-refractivity contribution in [2.24, 2.45) is 0 Å². The quantitative estimate of drug-likeness (QED) is 0.630. The highest BCUT2D eigenvalue weighted by Crippen LogP contribution is 2.23. The van der Waals surface area contributed by atoms with Crippen LogP contribution in [0, 0.1) is 12.7 Å². The van der Waals surface area contributed by atoms with E-state index >= 15 is 0 Å². The number of hydrogen-bond donors (Lipinski definition) is 1. The van der Waals surface area contributed by atoms with E-state index in [1.165, 1.54) is 45.4 Å². The fourth-order valence-electron chi connectivity index (χ4n) is 3.64. The van der Waals surface area contributed by atoms with Crippen LogP contribution in [0.2, 0.25) is 0 Å². The Labute approximate surface area is 185 Å². The number of sulfonamides is 1. The molecule has 1 amide bonds. The number of halogens is 1. The minimum Gasteiger partial charge on any atom is -0.322 e. The Hall–Kier alpha value is -3.18. The SMILES string of the molecule is Cc1nnnn1-c1cc(NC(=O)c2cccc(S(=O)(=O)N3CCCCCC3)c2)ccc1F. The molecule has 168 valence electrons. The van der Waals surface area contributed by atoms with E-state index in [4.69, 9.17) is 0 Å². The molecule has 1 N–H and O–H groups in total. The smallest absolute Gasteiger partial charge is 0.255 e. The Bertz CT molecular complexity index is 1240. The Morgan fingerprint density at radius 3 is 2.50 bits per heavy atom. The maximum atomic E-state index is 14.3. The highest BCUT2D eigenvalue weighted by atomic mass is 32.2. The maximum absolute atomic E-state index is 14.3. The number of anilines is 1. The lowest BCUT2D eigenvalue weighted by Gasteiger charge is -2.20. The summed E-state index contributed by atoms with van der Waals surface area (Å²) < 4.78 is 43.1. The van der Waals surface area contributed by atoms with Gasteiger partial charge in [0.05, 0.1) is 4.90 Å². The molecule has 1 aliphatic rings. The molecule has 0 bridgehead atoms. The van der Waals surface area contributed by atoms with Gasteiger partial charge in [-0.15, -0.1) is 5.10 Å². The number of nitrogens with zero attached hydrogens (tertiary/aromatic N) is 5. The van der Waals surface area contributed by atoms with Crippen LogP contribution in [0.1, 0.15) is 41.9 Å². The minimum atomic E-state index is -3.68. The predicted octanol–water partition coefficient (Wildman–Crippen LogP) is 2.93. The van der Waals surface area contributed by atoms with Gasteiger partial charge < -0.3 is 5.32 Å². The molecular formula is C21H23FN6O3S. The molecule has 32 heavy (non-hydrogen) atoms. The first-order valence-electron chi connectivity index (χ1n) is 10.3. The summed E-state index contributed by atoms with van der Waals surface area (Å²) in [5.74, 6) is -0.674. The molecule has 2 aromatic carbocycles. The number of tetrazole rings is 1. The maximum Gasteiger partial charge on any atom is 0.255 e. The zero-order chi connectivity index (χ0) is 22.7. The van der Waals surface area contributed by atoms with E-state index in [9.17, 15) is 17.6 Å². The number of carbonyl (C=O) groups is 1. The van der Waals surface area contributed by atoms with Gasteiger partial charge in [-0.25, -0.2) is 12.8 Å². The fourth-order valence-corrected chi connectivity index (χ4v) is 5.20. The number of amides is 1. The topological polar surface area (TPSA) is 110 Å². The van der Waals surface area contributed by atoms with Gasteiger partial charge in [0.25, 0.3) is 5.91 Å². The normalized spacial score (nSPS) is 15.3. The van der Waals surface area contributed by atoms with Gasteiger partial charge in [0, 0.05) is 24.3 Å². The van der Waals surface area contributed by atoms with Gasteiger partial charge in [0.2, 0.25) is 10.0 Å². The molecule has 9 nitrogen and oxygen atoms in total. The van der Waals surface area contributed by atoms with Gasteiger partial charge >= 0.3 is 0 Å². The van der Waals surface area contributed by atoms with Gasteiger partial charge in [0.15, 0.2) is 5.82 Å². The van der Waals surface area contributed by atoms with E-state index < -0.39 is 21.7 Å². The van der Waals surface area contributed by atoms with Crippen molar-refractivity contribution >= 4 is 21.6 Å². The van der Waals surface area contributed by atoms with Crippen LogP contribution in [0.5, 0.6) is 0 Å². The van der Waals surface area contributed by atoms with Crippen LogP contribution in [0.15, 0.2) is 47.4 Å². The van der Waals surface area contributed by atoms with Crippen LogP contribution in [0.4, 0.5) is 10.1 Å². The first-order chi connectivity index (χ1) is 15.4. The van der Waals surface area contributed by atoms with Crippen molar-refractivity contribution < 1.29 is 17.6 Å². The summed E-state index contributed by atoms with van der Waals surface area (Å²) in [7, 11) is -3.68. The van der Waals surface area contributed by atoms with Crippen LogP contribution >= 0.6 is 0 Å². The zero-order valence-corrected chi connectivity index (χ0v) is 18.3. The van der Waals surface area contributed by atoms with Crippen molar-refractivity contribution in [3.05, 3.63) is 59.7 Å². The zero-order valence-electron chi connectivity index (χ0n) is 17.5. The number of carbonyl (C=O) groups excluding carboxylic acids is 1. The van der Waals surface area contributed by atoms with Crippen molar-refractivity contribution in [3.63, 3.8) is 0 Å². The molecular weight excluding hydrogens is 435 g/mol. The second-order valence-electron chi connectivity index (χ2n) is 7.60. The second-order valence-corrected chi connectivity index (χ2v) is 9.54. The average Bonchev–Trinajstić information content (AvgIpc) is 3.02. The highest BCUT2D eigenvalue weighted by molar-refractivity contribution is 7.89. The third kappa shape index (κ3) is 4.53. The Balaban J connectivity index is 1.57. The van der Waals surface area contributed by atoms with Gasteiger partial charge in [-0.1, -0.05) is 18.9 Å². The third-order valence-corrected chi connectivity index (χ3v) is 7.25. The van der Waals surface area contributed by atoms with Gasteiger partial charge in [-0.05, 0) is 66.6 Å². The van der Waals surface area contributed by atoms with Gasteiger partial charge in [0.1, 0.15) is 11.5 Å². The largest absolute Gasteiger partial charge is 0.322 e. The first-order valence-corrected chi connectivity index (χ1v) is 11.8. The Morgan fingerprint density at radius 1 is 1.06 bits per heavy atom. The minimum absolute atomic E-state index is 0.0798. The van der Waals surface area contributed by atoms with Crippen LogP contribution in [-0.4, -0.2) is 51.9 Å². The van der Waals surface area contributed by atoms with E-state index in [0.717, 1.165) is 25.7 Å². The molecule has 11 heteroatoms. The number of nitrogens with one attached hydrogen (secondary N) is 1. The standard InChI is InChI=1S/C21H23FN6O3S/c1-15-24-25-26-28(15)20-14-17(9-10-19(20)22)23-21(29)16-7-6-8-18(13-16)32(30,31)27-11-4-2-3-5-12-27/h6-10,13-14H,2-5,11-12H2,1H3,(H,23,29). The molecule has 0 spiro atoms. The van der Waals surface area contributed by atoms with E-state index in [1.807, 2.05) is 0 Å². The number of aryl methyl sites for hydroxylation is 1. The number of hydrogen-bond acceptors (Lipinski definition) is 6. The van der Waals surface area contributed by atoms with Crippen molar-refractivity contribution in [2.75, 3.05) is 18.4 Å². The lowest BCUT2D eigenvalue weighted by Crippen LogP contribution is -2.32. The van der Waals surface area contributed by atoms with E-state index in [-0.39, 0.29) is 16.1 Å². The summed E-state index contributed by atoms with van der Waals surface area (Å²) in [5.41, 5.74) is 0.593. The monoisotopic (exact) mass is 458 g/mol. The summed E-state index contributed by atoms with van der Waals surface area (Å²) in [6, 6.07) is 9.96. The summed E-state index contributed by atoms with van der Waals surface area (Å²) in [5, 5.41) is 13.7. The average molecular weight is 459 g/mol. The van der Waals surface area contributed by atoms with E-state index in [0.29, 0.717) is 24.6 Å². The molecule has 2 heterocycles. The summed E-state index contributed by atoms with van der Waals surface area (Å²) in [6.45, 7) is 2.59. The highest BCUT2D eigenvalue weighted by Gasteiger charge is 2.26. The predicted molar refractivity (Wildman–Crippen MR) is 115 cm³/mol. The van der Waals surface area contributed by atoms with Crippen LogP contribution in [-0.2, 0) is 10.0 Å². The van der Waals surface area contributed by atoms with Gasteiger partial charge in [-0.2, -0.15) is 8.99 Å². The molecule has 4 rings (SSSR count). The lowest BCUT2D eigenvalue weighted by molar-refractivity contribution is 0.102. The van der Waals surface area contributed by atoms with E-state index in [1.54, 1.807) is 13.0 Å². The number of benzene rings is 2. The lowest BCUT2D eigenvalue weighted by atomic mass is 10.2. The van der Waals surface area contributed by atoms with E-state index in [2.05, 4.69) is 20.8 Å². The molecule has 3 aromatic rings. The Morgan fingerprint density at radius 2 is 1.81 bits per heavy atom. The molecule has 0 atom stereocenters. The van der Waals surface area contributed by atoms with Crippen LogP contribution < -0.4 is 5.32 Å². The summed E-state index contributed by atoms with van der Waals surface area (Å²) >= 11 is 0. The fraction of sp³-hybridized carbons (Fsp3) is 0.333. The first kappa shape index (κ1) is 22.0. The van der Waals surface area contributed by atoms with Crippen LogP contribution in [0.3, 0.4) is 0 Å². The molecule has 1 saturated heterocycles. The van der Waals surface area contributed by atoms with Crippen molar-refractivity contribution in [1.82, 2.24) is 24.5 Å². The molecule has 1 aromatic heterocycles. The number of rotatable bonds is 5.